The van der Waals surface area contributed by atoms with E-state index in [0.717, 1.165) is 6.08 Å². The van der Waals surface area contributed by atoms with Gasteiger partial charge in [0.05, 0.1) is 4.92 Å². The molecular formula is C19H17N3O6. The van der Waals surface area contributed by atoms with Gasteiger partial charge in [-0.2, -0.15) is 0 Å². The number of carbonyl (C=O) groups is 3. The predicted molar refractivity (Wildman–Crippen MR) is 99.7 cm³/mol. The van der Waals surface area contributed by atoms with Crippen molar-refractivity contribution in [3.63, 3.8) is 0 Å². The number of hydrazine groups is 1. The van der Waals surface area contributed by atoms with Crippen LogP contribution in [0.3, 0.4) is 0 Å². The van der Waals surface area contributed by atoms with Crippen LogP contribution in [0.2, 0.25) is 0 Å². The van der Waals surface area contributed by atoms with Gasteiger partial charge < -0.3 is 4.74 Å². The quantitative estimate of drug-likeness (QED) is 0.340. The molecule has 0 aliphatic heterocycles. The number of nitrogens with one attached hydrogen (secondary N) is 2. The van der Waals surface area contributed by atoms with Gasteiger partial charge in [-0.15, -0.1) is 0 Å². The third-order valence-corrected chi connectivity index (χ3v) is 3.51. The van der Waals surface area contributed by atoms with Crippen molar-refractivity contribution in [1.82, 2.24) is 10.9 Å². The second kappa shape index (κ2) is 9.62. The van der Waals surface area contributed by atoms with Crippen molar-refractivity contribution in [1.29, 1.82) is 0 Å². The summed E-state index contributed by atoms with van der Waals surface area (Å²) >= 11 is 0. The van der Waals surface area contributed by atoms with Crippen LogP contribution in [0.1, 0.15) is 22.8 Å². The summed E-state index contributed by atoms with van der Waals surface area (Å²) < 4.78 is 4.94. The third kappa shape index (κ3) is 6.06. The van der Waals surface area contributed by atoms with Gasteiger partial charge in [0.15, 0.2) is 6.10 Å². The summed E-state index contributed by atoms with van der Waals surface area (Å²) in [6.07, 6.45) is 1.34. The maximum absolute atomic E-state index is 11.9. The van der Waals surface area contributed by atoms with Crippen molar-refractivity contribution in [2.75, 3.05) is 0 Å². The molecule has 0 saturated heterocycles. The van der Waals surface area contributed by atoms with Gasteiger partial charge in [-0.05, 0) is 42.8 Å². The van der Waals surface area contributed by atoms with Gasteiger partial charge in [-0.25, -0.2) is 4.79 Å². The lowest BCUT2D eigenvalue weighted by Gasteiger charge is -2.13. The molecule has 2 aromatic carbocycles. The number of amides is 2. The number of benzene rings is 2. The van der Waals surface area contributed by atoms with E-state index in [-0.39, 0.29) is 5.69 Å². The maximum Gasteiger partial charge on any atom is 0.331 e. The number of non-ortho nitro benzene ring substituents is 1. The van der Waals surface area contributed by atoms with Crippen molar-refractivity contribution in [3.8, 4) is 0 Å². The lowest BCUT2D eigenvalue weighted by atomic mass is 10.2. The summed E-state index contributed by atoms with van der Waals surface area (Å²) in [7, 11) is 0. The first kappa shape index (κ1) is 20.3. The molecule has 28 heavy (non-hydrogen) atoms. The third-order valence-electron chi connectivity index (χ3n) is 3.51. The highest BCUT2D eigenvalue weighted by Gasteiger charge is 2.17. The summed E-state index contributed by atoms with van der Waals surface area (Å²) in [6, 6.07) is 13.8. The molecule has 9 heteroatoms. The van der Waals surface area contributed by atoms with Gasteiger partial charge in [0, 0.05) is 23.8 Å². The van der Waals surface area contributed by atoms with Gasteiger partial charge >= 0.3 is 5.97 Å². The largest absolute Gasteiger partial charge is 0.449 e. The molecule has 0 aliphatic carbocycles. The molecule has 144 valence electrons. The van der Waals surface area contributed by atoms with Gasteiger partial charge in [-0.1, -0.05) is 18.2 Å². The molecule has 0 radical (unpaired) electrons. The van der Waals surface area contributed by atoms with E-state index in [2.05, 4.69) is 10.9 Å². The first-order chi connectivity index (χ1) is 13.4. The smallest absolute Gasteiger partial charge is 0.331 e. The number of carbonyl (C=O) groups excluding carboxylic acids is 3. The molecule has 9 nitrogen and oxygen atoms in total. The van der Waals surface area contributed by atoms with Gasteiger partial charge in [0.1, 0.15) is 0 Å². The predicted octanol–water partition coefficient (Wildman–Crippen LogP) is 2.00. The minimum Gasteiger partial charge on any atom is -0.449 e. The van der Waals surface area contributed by atoms with Crippen molar-refractivity contribution >= 4 is 29.5 Å². The zero-order chi connectivity index (χ0) is 20.5. The molecule has 0 aromatic heterocycles. The molecule has 1 atom stereocenters. The van der Waals surface area contributed by atoms with E-state index in [0.29, 0.717) is 11.1 Å². The fourth-order valence-electron chi connectivity index (χ4n) is 2.02. The molecule has 0 spiro atoms. The van der Waals surface area contributed by atoms with E-state index < -0.39 is 28.8 Å². The number of esters is 1. The maximum atomic E-state index is 11.9. The van der Waals surface area contributed by atoms with Crippen LogP contribution in [0.15, 0.2) is 60.7 Å². The molecule has 2 aromatic rings. The zero-order valence-electron chi connectivity index (χ0n) is 14.8. The van der Waals surface area contributed by atoms with Crippen LogP contribution in [-0.4, -0.2) is 28.8 Å². The summed E-state index contributed by atoms with van der Waals surface area (Å²) in [4.78, 5) is 45.6. The average molecular weight is 383 g/mol. The van der Waals surface area contributed by atoms with Crippen LogP contribution >= 0.6 is 0 Å². The Balaban J connectivity index is 1.81. The highest BCUT2D eigenvalue weighted by atomic mass is 16.6. The van der Waals surface area contributed by atoms with Gasteiger partial charge in [0.2, 0.25) is 0 Å². The van der Waals surface area contributed by atoms with Crippen LogP contribution in [0, 0.1) is 10.1 Å². The SMILES string of the molecule is C[C@@H](OC(=O)/C=C/c1ccc([N+](=O)[O-])cc1)C(=O)NNC(=O)c1ccccc1. The fourth-order valence-corrected chi connectivity index (χ4v) is 2.02. The number of hydrogen-bond donors (Lipinski definition) is 2. The lowest BCUT2D eigenvalue weighted by Crippen LogP contribution is -2.46. The second-order valence-corrected chi connectivity index (χ2v) is 5.57. The molecule has 0 saturated carbocycles. The molecule has 0 unspecified atom stereocenters. The molecular weight excluding hydrogens is 366 g/mol. The van der Waals surface area contributed by atoms with Crippen LogP contribution < -0.4 is 10.9 Å². The Hall–Kier alpha value is -4.01. The van der Waals surface area contributed by atoms with E-state index >= 15 is 0 Å². The second-order valence-electron chi connectivity index (χ2n) is 5.57. The number of ether oxygens (including phenoxy) is 1. The first-order valence-electron chi connectivity index (χ1n) is 8.15. The fraction of sp³-hybridized carbons (Fsp3) is 0.105. The molecule has 2 N–H and O–H groups in total. The summed E-state index contributed by atoms with van der Waals surface area (Å²) in [6.45, 7) is 1.35. The topological polar surface area (TPSA) is 128 Å². The highest BCUT2D eigenvalue weighted by Crippen LogP contribution is 2.12. The van der Waals surface area contributed by atoms with Crippen molar-refractivity contribution < 1.29 is 24.0 Å². The highest BCUT2D eigenvalue weighted by molar-refractivity contribution is 5.96. The summed E-state index contributed by atoms with van der Waals surface area (Å²) in [5.41, 5.74) is 5.24. The minimum atomic E-state index is -1.15. The molecule has 0 aliphatic rings. The van der Waals surface area contributed by atoms with E-state index in [4.69, 9.17) is 4.74 Å². The molecule has 0 fully saturated rings. The van der Waals surface area contributed by atoms with E-state index in [1.807, 2.05) is 0 Å². The lowest BCUT2D eigenvalue weighted by molar-refractivity contribution is -0.384. The molecule has 2 rings (SSSR count). The monoisotopic (exact) mass is 383 g/mol. The van der Waals surface area contributed by atoms with Crippen molar-refractivity contribution in [2.24, 2.45) is 0 Å². The summed E-state index contributed by atoms with van der Waals surface area (Å²) in [5.74, 6) is -2.00. The number of nitrogens with zero attached hydrogens (tertiary/aromatic N) is 1. The Bertz CT molecular complexity index is 894. The van der Waals surface area contributed by atoms with Gasteiger partial charge in [0.25, 0.3) is 17.5 Å². The Kier molecular flexibility index (Phi) is 6.98. The Labute approximate surface area is 160 Å². The number of rotatable bonds is 6. The van der Waals surface area contributed by atoms with E-state index in [1.54, 1.807) is 30.3 Å². The minimum absolute atomic E-state index is 0.0671. The number of nitro groups is 1. The number of hydrogen-bond acceptors (Lipinski definition) is 6. The van der Waals surface area contributed by atoms with Crippen LogP contribution in [0.5, 0.6) is 0 Å². The Morgan fingerprint density at radius 3 is 2.29 bits per heavy atom. The van der Waals surface area contributed by atoms with Crippen LogP contribution in [-0.2, 0) is 14.3 Å². The first-order valence-corrected chi connectivity index (χ1v) is 8.15. The van der Waals surface area contributed by atoms with Crippen LogP contribution in [0.25, 0.3) is 6.08 Å². The van der Waals surface area contributed by atoms with E-state index in [9.17, 15) is 24.5 Å². The Morgan fingerprint density at radius 2 is 1.68 bits per heavy atom. The van der Waals surface area contributed by atoms with Gasteiger partial charge in [-0.3, -0.25) is 30.6 Å². The molecule has 2 amide bonds. The molecule has 0 heterocycles. The zero-order valence-corrected chi connectivity index (χ0v) is 14.8. The summed E-state index contributed by atoms with van der Waals surface area (Å²) in [5, 5.41) is 10.6. The van der Waals surface area contributed by atoms with Crippen molar-refractivity contribution in [2.45, 2.75) is 13.0 Å². The standard InChI is InChI=1S/C19H17N3O6/c1-13(18(24)20-21-19(25)15-5-3-2-4-6-15)28-17(23)12-9-14-7-10-16(11-8-14)22(26)27/h2-13H,1H3,(H,20,24)(H,21,25)/b12-9+/t13-/m1/s1. The number of nitro benzene ring substituents is 1. The average Bonchev–Trinajstić information content (AvgIpc) is 2.71. The van der Waals surface area contributed by atoms with Crippen LogP contribution in [0.4, 0.5) is 5.69 Å². The van der Waals surface area contributed by atoms with E-state index in [1.165, 1.54) is 37.3 Å². The Morgan fingerprint density at radius 1 is 1.04 bits per heavy atom. The van der Waals surface area contributed by atoms with Crippen molar-refractivity contribution in [3.05, 3.63) is 81.9 Å². The normalized spacial score (nSPS) is 11.5. The molecule has 0 bridgehead atoms.